The van der Waals surface area contributed by atoms with Crippen LogP contribution in [0.1, 0.15) is 17.2 Å². The highest BCUT2D eigenvalue weighted by molar-refractivity contribution is 9.10. The van der Waals surface area contributed by atoms with Crippen LogP contribution >= 0.6 is 15.9 Å². The maximum Gasteiger partial charge on any atom is 0.275 e. The number of hydrogen-bond acceptors (Lipinski definition) is 3. The minimum Gasteiger partial charge on any atom is -0.471 e. The van der Waals surface area contributed by atoms with Crippen molar-refractivity contribution in [2.75, 3.05) is 26.5 Å². The van der Waals surface area contributed by atoms with E-state index in [9.17, 15) is 0 Å². The minimum atomic E-state index is -0.263. The first-order valence-electron chi connectivity index (χ1n) is 10.3. The molecule has 0 radical (unpaired) electrons. The van der Waals surface area contributed by atoms with Crippen LogP contribution in [0.2, 0.25) is 0 Å². The van der Waals surface area contributed by atoms with Gasteiger partial charge in [0.25, 0.3) is 11.7 Å². The number of hydrogen-bond donors (Lipinski definition) is 2. The molecule has 6 rings (SSSR count). The van der Waals surface area contributed by atoms with Gasteiger partial charge >= 0.3 is 0 Å². The van der Waals surface area contributed by atoms with Crippen LogP contribution in [0, 0.1) is 0 Å². The molecule has 0 amide bonds. The van der Waals surface area contributed by atoms with Gasteiger partial charge in [0.2, 0.25) is 11.9 Å². The van der Waals surface area contributed by atoms with E-state index in [4.69, 9.17) is 9.47 Å². The van der Waals surface area contributed by atoms with Gasteiger partial charge in [0, 0.05) is 39.4 Å². The zero-order valence-corrected chi connectivity index (χ0v) is 19.1. The summed E-state index contributed by atoms with van der Waals surface area (Å²) in [6.07, 6.45) is 7.50. The summed E-state index contributed by atoms with van der Waals surface area (Å²) in [5.41, 5.74) is 5.27. The number of aromatic nitrogens is 2. The van der Waals surface area contributed by atoms with Crippen molar-refractivity contribution in [3.05, 3.63) is 64.5 Å². The summed E-state index contributed by atoms with van der Waals surface area (Å²) in [4.78, 5) is 6.78. The molecule has 7 heteroatoms. The number of pyridine rings is 1. The summed E-state index contributed by atoms with van der Waals surface area (Å²) in [7, 11) is 6.41. The van der Waals surface area contributed by atoms with E-state index < -0.39 is 0 Å². The standard InChI is InChI=1S/C24H22BrN4O2/c1-29(2,3)24-22(16-12-28-18-11-14(25)4-5-15(16)18)30-19-10-13-6-8-26-17-7-9-27-21(20(13)17)23(19)31-24/h4-12,22,24,26,28H,1-3H3/q+1/p+1/t22-,24+/m1/s1. The van der Waals surface area contributed by atoms with Gasteiger partial charge in [-0.1, -0.05) is 22.0 Å². The quantitative estimate of drug-likeness (QED) is 0.405. The predicted molar refractivity (Wildman–Crippen MR) is 125 cm³/mol. The lowest BCUT2D eigenvalue weighted by molar-refractivity contribution is -0.920. The maximum absolute atomic E-state index is 6.74. The van der Waals surface area contributed by atoms with E-state index in [0.29, 0.717) is 4.48 Å². The van der Waals surface area contributed by atoms with Gasteiger partial charge in [-0.25, -0.2) is 4.98 Å². The number of nitrogens with zero attached hydrogens (tertiary/aromatic N) is 1. The molecule has 0 saturated carbocycles. The van der Waals surface area contributed by atoms with Crippen LogP contribution in [-0.2, 0) is 0 Å². The van der Waals surface area contributed by atoms with Crippen molar-refractivity contribution >= 4 is 49.5 Å². The third-order valence-electron chi connectivity index (χ3n) is 6.02. The topological polar surface area (TPSA) is 60.4 Å². The first-order chi connectivity index (χ1) is 14.9. The van der Waals surface area contributed by atoms with Crippen molar-refractivity contribution in [1.29, 1.82) is 0 Å². The zero-order valence-electron chi connectivity index (χ0n) is 17.5. The molecular weight excluding hydrogens is 456 g/mol. The molecule has 31 heavy (non-hydrogen) atoms. The largest absolute Gasteiger partial charge is 0.471 e. The van der Waals surface area contributed by atoms with Gasteiger partial charge in [0.1, 0.15) is 0 Å². The van der Waals surface area contributed by atoms with E-state index in [-0.39, 0.29) is 12.3 Å². The lowest BCUT2D eigenvalue weighted by Gasteiger charge is -2.41. The molecule has 2 atom stereocenters. The summed E-state index contributed by atoms with van der Waals surface area (Å²) in [5.74, 6) is 1.51. The van der Waals surface area contributed by atoms with E-state index in [1.165, 1.54) is 0 Å². The van der Waals surface area contributed by atoms with E-state index >= 15 is 0 Å². The SMILES string of the molecule is C[N+](C)(C)[C@H]1Oc2c(cc3c4c(cc[nH+]c24)NC=C3)O[C@@H]1c1c[nH]c2cc(Br)ccc12. The summed E-state index contributed by atoms with van der Waals surface area (Å²) >= 11 is 3.56. The molecule has 0 spiro atoms. The maximum atomic E-state index is 6.74. The molecule has 0 saturated heterocycles. The number of ether oxygens (including phenoxy) is 2. The van der Waals surface area contributed by atoms with Crippen LogP contribution < -0.4 is 19.8 Å². The number of anilines is 1. The number of fused-ring (bicyclic) bond motifs is 3. The number of halogens is 1. The molecule has 156 valence electrons. The van der Waals surface area contributed by atoms with Crippen molar-refractivity contribution in [2.24, 2.45) is 0 Å². The molecule has 0 bridgehead atoms. The molecule has 0 unspecified atom stereocenters. The van der Waals surface area contributed by atoms with Crippen molar-refractivity contribution < 1.29 is 18.9 Å². The Hall–Kier alpha value is -3.03. The molecule has 2 aromatic carbocycles. The molecule has 2 aromatic heterocycles. The van der Waals surface area contributed by atoms with Gasteiger partial charge in [-0.15, -0.1) is 0 Å². The number of H-pyrrole nitrogens is 2. The third-order valence-corrected chi connectivity index (χ3v) is 6.52. The Labute approximate surface area is 188 Å². The lowest BCUT2D eigenvalue weighted by Crippen LogP contribution is -2.54. The fourth-order valence-corrected chi connectivity index (χ4v) is 4.93. The molecule has 0 aliphatic carbocycles. The number of quaternary nitrogens is 1. The number of likely N-dealkylation sites (N-methyl/N-ethyl adjacent to an activating group) is 1. The number of nitrogens with one attached hydrogen (secondary N) is 3. The van der Waals surface area contributed by atoms with Gasteiger partial charge in [-0.3, -0.25) is 4.48 Å². The highest BCUT2D eigenvalue weighted by Gasteiger charge is 2.45. The zero-order chi connectivity index (χ0) is 21.3. The summed E-state index contributed by atoms with van der Waals surface area (Å²) in [6.45, 7) is 0. The monoisotopic (exact) mass is 478 g/mol. The van der Waals surface area contributed by atoms with Crippen LogP contribution in [0.3, 0.4) is 0 Å². The van der Waals surface area contributed by atoms with Crippen LogP contribution in [0.5, 0.6) is 11.5 Å². The van der Waals surface area contributed by atoms with E-state index in [2.05, 4.69) is 82.7 Å². The van der Waals surface area contributed by atoms with Crippen LogP contribution in [0.25, 0.3) is 27.9 Å². The fraction of sp³-hybridized carbons (Fsp3) is 0.208. The van der Waals surface area contributed by atoms with Crippen molar-refractivity contribution in [2.45, 2.75) is 12.3 Å². The van der Waals surface area contributed by atoms with Gasteiger partial charge in [-0.05, 0) is 29.8 Å². The van der Waals surface area contributed by atoms with Gasteiger partial charge in [0.05, 0.1) is 32.2 Å². The highest BCUT2D eigenvalue weighted by atomic mass is 79.9. The second-order valence-corrected chi connectivity index (χ2v) is 9.92. The Morgan fingerprint density at radius 2 is 1.97 bits per heavy atom. The Kier molecular flexibility index (Phi) is 3.91. The summed E-state index contributed by atoms with van der Waals surface area (Å²) < 4.78 is 15.1. The van der Waals surface area contributed by atoms with Crippen molar-refractivity contribution in [1.82, 2.24) is 4.98 Å². The third kappa shape index (κ3) is 2.84. The minimum absolute atomic E-state index is 0.229. The second kappa shape index (κ2) is 6.48. The average molecular weight is 479 g/mol. The van der Waals surface area contributed by atoms with Crippen molar-refractivity contribution in [3.63, 3.8) is 0 Å². The fourth-order valence-electron chi connectivity index (χ4n) is 4.57. The van der Waals surface area contributed by atoms with Gasteiger partial charge < -0.3 is 19.8 Å². The Balaban J connectivity index is 1.56. The molecule has 6 nitrogen and oxygen atoms in total. The number of aromatic amines is 2. The Morgan fingerprint density at radius 3 is 2.81 bits per heavy atom. The van der Waals surface area contributed by atoms with Crippen LogP contribution in [0.4, 0.5) is 5.69 Å². The Bertz CT molecular complexity index is 1390. The molecule has 4 aromatic rings. The van der Waals surface area contributed by atoms with E-state index in [1.807, 2.05) is 24.7 Å². The Morgan fingerprint density at radius 1 is 1.10 bits per heavy atom. The second-order valence-electron chi connectivity index (χ2n) is 9.01. The van der Waals surface area contributed by atoms with Gasteiger partial charge in [-0.2, -0.15) is 0 Å². The molecule has 4 heterocycles. The smallest absolute Gasteiger partial charge is 0.275 e. The highest BCUT2D eigenvalue weighted by Crippen LogP contribution is 2.48. The normalized spacial score (nSPS) is 19.6. The molecule has 2 aliphatic heterocycles. The summed E-state index contributed by atoms with van der Waals surface area (Å²) in [5, 5.41) is 5.57. The molecule has 3 N–H and O–H groups in total. The van der Waals surface area contributed by atoms with Crippen LogP contribution in [-0.4, -0.2) is 36.8 Å². The average Bonchev–Trinajstić information content (AvgIpc) is 3.15. The summed E-state index contributed by atoms with van der Waals surface area (Å²) in [6, 6.07) is 10.4. The first-order valence-corrected chi connectivity index (χ1v) is 11.0. The van der Waals surface area contributed by atoms with Gasteiger partial charge in [0.15, 0.2) is 11.9 Å². The lowest BCUT2D eigenvalue weighted by atomic mass is 10.0. The van der Waals surface area contributed by atoms with Crippen molar-refractivity contribution in [3.8, 4) is 11.5 Å². The molecule has 0 fully saturated rings. The first kappa shape index (κ1) is 18.7. The number of rotatable bonds is 2. The number of benzene rings is 2. The van der Waals surface area contributed by atoms with Crippen LogP contribution in [0.15, 0.2) is 53.4 Å². The molecular formula is C24H23BrN4O2+2. The van der Waals surface area contributed by atoms with E-state index in [0.717, 1.165) is 54.6 Å². The van der Waals surface area contributed by atoms with E-state index in [1.54, 1.807) is 0 Å². The molecule has 2 aliphatic rings. The predicted octanol–water partition coefficient (Wildman–Crippen LogP) is 4.84.